The monoisotopic (exact) mass is 280 g/mol. The molecule has 1 atom stereocenters. The van der Waals surface area contributed by atoms with E-state index in [1.807, 2.05) is 5.32 Å². The molecule has 1 N–H and O–H groups in total. The predicted octanol–water partition coefficient (Wildman–Crippen LogP) is 1.13. The largest absolute Gasteiger partial charge is 0.335 e. The molecule has 1 aliphatic rings. The number of rotatable bonds is 2. The van der Waals surface area contributed by atoms with Crippen LogP contribution in [0.5, 0.6) is 0 Å². The number of ketones is 1. The van der Waals surface area contributed by atoms with Crippen LogP contribution >= 0.6 is 11.6 Å². The summed E-state index contributed by atoms with van der Waals surface area (Å²) in [5.41, 5.74) is 0.203. The lowest BCUT2D eigenvalue weighted by Crippen LogP contribution is -2.59. The average Bonchev–Trinajstić information content (AvgIpc) is 2.27. The predicted molar refractivity (Wildman–Crippen MR) is 66.6 cm³/mol. The number of carbonyl (C=O) groups is 4. The summed E-state index contributed by atoms with van der Waals surface area (Å²) < 4.78 is 0. The number of amides is 4. The number of Topliss-reactive ketones (excluding diaryl/α,β-unsaturated/α-hetero) is 1. The molecule has 6 nitrogen and oxygen atoms in total. The standard InChI is InChI=1S/C12H9ClN2O4/c1-6(16)9-10(17)14-12(19)15(11(9)18)8-4-2-3-7(13)5-8/h2-5,9H,1H3,(H,14,17,19)/t9-/m1/s1. The highest BCUT2D eigenvalue weighted by molar-refractivity contribution is 6.35. The summed E-state index contributed by atoms with van der Waals surface area (Å²) in [5.74, 6) is -3.90. The lowest BCUT2D eigenvalue weighted by molar-refractivity contribution is -0.140. The van der Waals surface area contributed by atoms with Gasteiger partial charge in [-0.2, -0.15) is 0 Å². The number of nitrogens with zero attached hydrogens (tertiary/aromatic N) is 1. The van der Waals surface area contributed by atoms with Crippen LogP contribution in [-0.4, -0.2) is 23.6 Å². The molecule has 0 spiro atoms. The summed E-state index contributed by atoms with van der Waals surface area (Å²) in [5, 5.41) is 2.30. The minimum atomic E-state index is -1.50. The molecule has 0 bridgehead atoms. The van der Waals surface area contributed by atoms with Crippen LogP contribution in [0.4, 0.5) is 10.5 Å². The Morgan fingerprint density at radius 3 is 2.58 bits per heavy atom. The quantitative estimate of drug-likeness (QED) is 0.823. The van der Waals surface area contributed by atoms with E-state index in [4.69, 9.17) is 11.6 Å². The highest BCUT2D eigenvalue weighted by Crippen LogP contribution is 2.23. The Kier molecular flexibility index (Phi) is 3.35. The zero-order valence-electron chi connectivity index (χ0n) is 9.84. The lowest BCUT2D eigenvalue weighted by atomic mass is 10.0. The molecule has 1 aromatic rings. The first-order chi connectivity index (χ1) is 8.91. The van der Waals surface area contributed by atoms with Crippen molar-refractivity contribution in [2.24, 2.45) is 5.92 Å². The second-order valence-electron chi connectivity index (χ2n) is 3.99. The molecule has 19 heavy (non-hydrogen) atoms. The first-order valence-electron chi connectivity index (χ1n) is 5.36. The van der Waals surface area contributed by atoms with Gasteiger partial charge in [0.2, 0.25) is 5.91 Å². The third-order valence-corrected chi connectivity index (χ3v) is 2.87. The van der Waals surface area contributed by atoms with E-state index in [0.717, 1.165) is 11.8 Å². The number of benzene rings is 1. The Morgan fingerprint density at radius 2 is 2.00 bits per heavy atom. The van der Waals surface area contributed by atoms with Crippen LogP contribution in [0.1, 0.15) is 6.92 Å². The smallest absolute Gasteiger partial charge is 0.299 e. The second kappa shape index (κ2) is 4.81. The fourth-order valence-corrected chi connectivity index (χ4v) is 1.98. The Morgan fingerprint density at radius 1 is 1.32 bits per heavy atom. The summed E-state index contributed by atoms with van der Waals surface area (Å²) >= 11 is 5.78. The van der Waals surface area contributed by atoms with Crippen molar-refractivity contribution in [1.82, 2.24) is 5.32 Å². The number of urea groups is 1. The third kappa shape index (κ3) is 2.34. The summed E-state index contributed by atoms with van der Waals surface area (Å²) in [6, 6.07) is 5.11. The van der Waals surface area contributed by atoms with E-state index in [2.05, 4.69) is 0 Å². The normalized spacial score (nSPS) is 19.4. The molecule has 1 saturated heterocycles. The van der Waals surface area contributed by atoms with Crippen LogP contribution in [0.25, 0.3) is 0 Å². The number of carbonyl (C=O) groups excluding carboxylic acids is 4. The SMILES string of the molecule is CC(=O)[C@@H]1C(=O)NC(=O)N(c2cccc(Cl)c2)C1=O. The van der Waals surface area contributed by atoms with Gasteiger partial charge in [0.05, 0.1) is 5.69 Å². The average molecular weight is 281 g/mol. The number of barbiturate groups is 1. The summed E-state index contributed by atoms with van der Waals surface area (Å²) in [6.07, 6.45) is 0. The highest BCUT2D eigenvalue weighted by Gasteiger charge is 2.43. The fourth-order valence-electron chi connectivity index (χ4n) is 1.79. The van der Waals surface area contributed by atoms with Gasteiger partial charge >= 0.3 is 6.03 Å². The molecule has 98 valence electrons. The second-order valence-corrected chi connectivity index (χ2v) is 4.43. The number of halogens is 1. The van der Waals surface area contributed by atoms with E-state index in [-0.39, 0.29) is 5.69 Å². The van der Waals surface area contributed by atoms with Gasteiger partial charge in [-0.15, -0.1) is 0 Å². The molecule has 4 amide bonds. The molecule has 0 aliphatic carbocycles. The van der Waals surface area contributed by atoms with Gasteiger partial charge in [-0.25, -0.2) is 9.69 Å². The van der Waals surface area contributed by atoms with Gasteiger partial charge in [-0.05, 0) is 25.1 Å². The van der Waals surface area contributed by atoms with E-state index >= 15 is 0 Å². The molecule has 7 heteroatoms. The van der Waals surface area contributed by atoms with Crippen LogP contribution in [0.15, 0.2) is 24.3 Å². The van der Waals surface area contributed by atoms with Crippen molar-refractivity contribution in [3.63, 3.8) is 0 Å². The van der Waals surface area contributed by atoms with Gasteiger partial charge in [-0.3, -0.25) is 19.7 Å². The molecule has 2 rings (SSSR count). The van der Waals surface area contributed by atoms with Crippen molar-refractivity contribution in [2.75, 3.05) is 4.90 Å². The molecule has 1 aromatic carbocycles. The van der Waals surface area contributed by atoms with Gasteiger partial charge < -0.3 is 0 Å². The maximum atomic E-state index is 12.1. The lowest BCUT2D eigenvalue weighted by Gasteiger charge is -2.28. The van der Waals surface area contributed by atoms with Crippen molar-refractivity contribution in [2.45, 2.75) is 6.92 Å². The summed E-state index contributed by atoms with van der Waals surface area (Å²) in [4.78, 5) is 47.3. The van der Waals surface area contributed by atoms with Crippen LogP contribution in [0.3, 0.4) is 0 Å². The number of anilines is 1. The van der Waals surface area contributed by atoms with E-state index in [1.165, 1.54) is 12.1 Å². The van der Waals surface area contributed by atoms with Crippen LogP contribution < -0.4 is 10.2 Å². The Labute approximate surface area is 113 Å². The van der Waals surface area contributed by atoms with Crippen LogP contribution in [0.2, 0.25) is 5.02 Å². The van der Waals surface area contributed by atoms with E-state index in [1.54, 1.807) is 12.1 Å². The van der Waals surface area contributed by atoms with Gasteiger partial charge in [0, 0.05) is 5.02 Å². The maximum Gasteiger partial charge on any atom is 0.335 e. The number of nitrogens with one attached hydrogen (secondary N) is 1. The Bertz CT molecular complexity index is 599. The molecular formula is C12H9ClN2O4. The topological polar surface area (TPSA) is 83.6 Å². The number of hydrogen-bond donors (Lipinski definition) is 1. The minimum absolute atomic E-state index is 0.203. The molecule has 0 aromatic heterocycles. The summed E-state index contributed by atoms with van der Waals surface area (Å²) in [7, 11) is 0. The zero-order chi connectivity index (χ0) is 14.2. The van der Waals surface area contributed by atoms with E-state index < -0.39 is 29.5 Å². The minimum Gasteiger partial charge on any atom is -0.299 e. The van der Waals surface area contributed by atoms with Gasteiger partial charge in [0.15, 0.2) is 11.7 Å². The molecule has 1 aliphatic heterocycles. The van der Waals surface area contributed by atoms with Gasteiger partial charge in [-0.1, -0.05) is 17.7 Å². The first-order valence-corrected chi connectivity index (χ1v) is 5.74. The van der Waals surface area contributed by atoms with E-state index in [9.17, 15) is 19.2 Å². The van der Waals surface area contributed by atoms with Gasteiger partial charge in [0.25, 0.3) is 5.91 Å². The van der Waals surface area contributed by atoms with Crippen molar-refractivity contribution < 1.29 is 19.2 Å². The highest BCUT2D eigenvalue weighted by atomic mass is 35.5. The van der Waals surface area contributed by atoms with Crippen LogP contribution in [0, 0.1) is 5.92 Å². The Balaban J connectivity index is 2.44. The zero-order valence-corrected chi connectivity index (χ0v) is 10.6. The maximum absolute atomic E-state index is 12.1. The van der Waals surface area contributed by atoms with Gasteiger partial charge in [0.1, 0.15) is 0 Å². The Hall–Kier alpha value is -2.21. The number of imide groups is 2. The van der Waals surface area contributed by atoms with Crippen molar-refractivity contribution >= 4 is 40.9 Å². The van der Waals surface area contributed by atoms with Crippen LogP contribution in [-0.2, 0) is 14.4 Å². The molecule has 0 unspecified atom stereocenters. The number of hydrogen-bond acceptors (Lipinski definition) is 4. The molecule has 0 radical (unpaired) electrons. The molecule has 1 fully saturated rings. The van der Waals surface area contributed by atoms with Crippen molar-refractivity contribution in [3.8, 4) is 0 Å². The molecule has 1 heterocycles. The first kappa shape index (κ1) is 13.2. The molecular weight excluding hydrogens is 272 g/mol. The van der Waals surface area contributed by atoms with Crippen molar-refractivity contribution in [1.29, 1.82) is 0 Å². The van der Waals surface area contributed by atoms with Crippen molar-refractivity contribution in [3.05, 3.63) is 29.3 Å². The molecule has 0 saturated carbocycles. The van der Waals surface area contributed by atoms with E-state index in [0.29, 0.717) is 5.02 Å². The third-order valence-electron chi connectivity index (χ3n) is 2.64. The summed E-state index contributed by atoms with van der Waals surface area (Å²) in [6.45, 7) is 1.12. The fraction of sp³-hybridized carbons (Fsp3) is 0.167.